The van der Waals surface area contributed by atoms with Crippen LogP contribution in [0.1, 0.15) is 12.8 Å². The van der Waals surface area contributed by atoms with Crippen LogP contribution >= 0.6 is 0 Å². The van der Waals surface area contributed by atoms with Crippen LogP contribution in [0.4, 0.5) is 4.79 Å². The van der Waals surface area contributed by atoms with Crippen LogP contribution in [0.25, 0.3) is 0 Å². The smallest absolute Gasteiger partial charge is 0.408 e. The normalized spacial score (nSPS) is 22.4. The van der Waals surface area contributed by atoms with Gasteiger partial charge in [0.05, 0.1) is 6.54 Å². The fraction of sp³-hybridized carbons (Fsp3) is 0.444. The number of nitrogens with two attached hydrogens (primary N) is 1. The van der Waals surface area contributed by atoms with Gasteiger partial charge in [0, 0.05) is 6.42 Å². The zero-order valence-corrected chi connectivity index (χ0v) is 8.56. The standard InChI is InChI=1S/C5H7NO.C4H6N2O3/c7-5-3-1-2-4-6-5;5-3(7)2-1-6-4(8)9-2/h2,4H,1,3H2,(H,6,7);2H,1H2,(H2,5,7)(H,6,8). The fourth-order valence-electron chi connectivity index (χ4n) is 1.07. The van der Waals surface area contributed by atoms with Crippen molar-refractivity contribution < 1.29 is 19.1 Å². The van der Waals surface area contributed by atoms with Crippen LogP contribution in [0.3, 0.4) is 0 Å². The van der Waals surface area contributed by atoms with Gasteiger partial charge in [0.25, 0.3) is 5.91 Å². The number of nitrogens with one attached hydrogen (secondary N) is 2. The summed E-state index contributed by atoms with van der Waals surface area (Å²) in [6, 6.07) is 0. The second-order valence-electron chi connectivity index (χ2n) is 3.19. The van der Waals surface area contributed by atoms with Crippen LogP contribution in [0.5, 0.6) is 0 Å². The van der Waals surface area contributed by atoms with Crippen LogP contribution < -0.4 is 16.4 Å². The Morgan fingerprint density at radius 3 is 2.50 bits per heavy atom. The Balaban J connectivity index is 0.000000165. The molecule has 0 aromatic rings. The molecule has 1 atom stereocenters. The molecule has 3 amide bonds. The molecule has 0 radical (unpaired) electrons. The Labute approximate surface area is 92.0 Å². The molecule has 2 rings (SSSR count). The number of carbonyl (C=O) groups is 3. The molecule has 1 saturated heterocycles. The van der Waals surface area contributed by atoms with Crippen LogP contribution in [0.2, 0.25) is 0 Å². The van der Waals surface area contributed by atoms with Gasteiger partial charge in [-0.25, -0.2) is 4.79 Å². The monoisotopic (exact) mass is 227 g/mol. The highest BCUT2D eigenvalue weighted by molar-refractivity contribution is 5.84. The van der Waals surface area contributed by atoms with Crippen LogP contribution in [-0.4, -0.2) is 30.6 Å². The molecule has 0 spiro atoms. The molecule has 7 heteroatoms. The molecule has 1 fully saturated rings. The summed E-state index contributed by atoms with van der Waals surface area (Å²) in [5.41, 5.74) is 4.80. The first kappa shape index (κ1) is 12.0. The quantitative estimate of drug-likeness (QED) is 0.533. The summed E-state index contributed by atoms with van der Waals surface area (Å²) in [5.74, 6) is -0.490. The lowest BCUT2D eigenvalue weighted by molar-refractivity contribution is -0.124. The summed E-state index contributed by atoms with van der Waals surface area (Å²) in [7, 11) is 0. The average molecular weight is 227 g/mol. The van der Waals surface area contributed by atoms with E-state index in [1.807, 2.05) is 6.08 Å². The molecule has 0 aliphatic carbocycles. The maximum atomic E-state index is 10.3. The van der Waals surface area contributed by atoms with Gasteiger partial charge in [0.2, 0.25) is 5.91 Å². The lowest BCUT2D eigenvalue weighted by atomic mass is 10.2. The van der Waals surface area contributed by atoms with E-state index in [-0.39, 0.29) is 12.5 Å². The predicted octanol–water partition coefficient (Wildman–Crippen LogP) is -1.01. The first-order chi connectivity index (χ1) is 7.59. The van der Waals surface area contributed by atoms with Gasteiger partial charge in [0.1, 0.15) is 0 Å². The largest absolute Gasteiger partial charge is 0.434 e. The summed E-state index contributed by atoms with van der Waals surface area (Å²) < 4.78 is 4.40. The molecule has 2 aliphatic heterocycles. The highest BCUT2D eigenvalue weighted by Gasteiger charge is 2.26. The van der Waals surface area contributed by atoms with E-state index in [1.54, 1.807) is 6.20 Å². The molecule has 0 aromatic heterocycles. The van der Waals surface area contributed by atoms with Crippen molar-refractivity contribution in [1.29, 1.82) is 0 Å². The number of hydrogen-bond acceptors (Lipinski definition) is 4. The number of cyclic esters (lactones) is 1. The van der Waals surface area contributed by atoms with Gasteiger partial charge < -0.3 is 21.1 Å². The highest BCUT2D eigenvalue weighted by atomic mass is 16.6. The molecule has 1 unspecified atom stereocenters. The zero-order chi connectivity index (χ0) is 12.0. The molecule has 0 aromatic carbocycles. The molecule has 16 heavy (non-hydrogen) atoms. The molecular weight excluding hydrogens is 214 g/mol. The van der Waals surface area contributed by atoms with Gasteiger partial charge in [0.15, 0.2) is 6.10 Å². The zero-order valence-electron chi connectivity index (χ0n) is 8.56. The van der Waals surface area contributed by atoms with Crippen LogP contribution in [0, 0.1) is 0 Å². The maximum absolute atomic E-state index is 10.3. The lowest BCUT2D eigenvalue weighted by Gasteiger charge is -2.00. The van der Waals surface area contributed by atoms with E-state index in [2.05, 4.69) is 15.4 Å². The second kappa shape index (κ2) is 5.74. The van der Waals surface area contributed by atoms with Crippen LogP contribution in [-0.2, 0) is 14.3 Å². The molecule has 2 aliphatic rings. The minimum atomic E-state index is -0.780. The molecule has 0 bridgehead atoms. The Kier molecular flexibility index (Phi) is 4.31. The topological polar surface area (TPSA) is 111 Å². The van der Waals surface area contributed by atoms with Crippen molar-refractivity contribution in [2.45, 2.75) is 18.9 Å². The number of rotatable bonds is 1. The van der Waals surface area contributed by atoms with Gasteiger partial charge >= 0.3 is 6.09 Å². The fourth-order valence-corrected chi connectivity index (χ4v) is 1.07. The maximum Gasteiger partial charge on any atom is 0.408 e. The Bertz CT molecular complexity index is 327. The third-order valence-electron chi connectivity index (χ3n) is 1.90. The third-order valence-corrected chi connectivity index (χ3v) is 1.90. The Morgan fingerprint density at radius 1 is 1.50 bits per heavy atom. The number of allylic oxidation sites excluding steroid dienone is 1. The van der Waals surface area contributed by atoms with Gasteiger partial charge in [-0.15, -0.1) is 0 Å². The first-order valence-electron chi connectivity index (χ1n) is 4.78. The van der Waals surface area contributed by atoms with Crippen molar-refractivity contribution in [3.8, 4) is 0 Å². The number of hydrogen-bond donors (Lipinski definition) is 3. The highest BCUT2D eigenvalue weighted by Crippen LogP contribution is 1.97. The molecule has 2 heterocycles. The van der Waals surface area contributed by atoms with E-state index in [4.69, 9.17) is 5.73 Å². The minimum Gasteiger partial charge on any atom is -0.434 e. The molecular formula is C9H13N3O4. The van der Waals surface area contributed by atoms with E-state index >= 15 is 0 Å². The molecule has 7 nitrogen and oxygen atoms in total. The van der Waals surface area contributed by atoms with E-state index in [9.17, 15) is 14.4 Å². The van der Waals surface area contributed by atoms with Gasteiger partial charge in [-0.3, -0.25) is 9.59 Å². The van der Waals surface area contributed by atoms with E-state index in [1.165, 1.54) is 0 Å². The summed E-state index contributed by atoms with van der Waals surface area (Å²) in [5, 5.41) is 4.85. The second-order valence-corrected chi connectivity index (χ2v) is 3.19. The summed E-state index contributed by atoms with van der Waals surface area (Å²) in [6.45, 7) is 0.189. The summed E-state index contributed by atoms with van der Waals surface area (Å²) in [6.07, 6.45) is 3.81. The van der Waals surface area contributed by atoms with Crippen molar-refractivity contribution in [2.24, 2.45) is 5.73 Å². The molecule has 88 valence electrons. The van der Waals surface area contributed by atoms with Gasteiger partial charge in [-0.2, -0.15) is 0 Å². The predicted molar refractivity (Wildman–Crippen MR) is 54.0 cm³/mol. The SMILES string of the molecule is NC(=O)C1CNC(=O)O1.O=C1CCC=CN1. The van der Waals surface area contributed by atoms with Gasteiger partial charge in [-0.05, 0) is 12.6 Å². The Hall–Kier alpha value is -2.05. The number of primary amides is 1. The van der Waals surface area contributed by atoms with E-state index in [0.717, 1.165) is 6.42 Å². The van der Waals surface area contributed by atoms with Crippen molar-refractivity contribution >= 4 is 17.9 Å². The number of ether oxygens (including phenoxy) is 1. The lowest BCUT2D eigenvalue weighted by Crippen LogP contribution is -2.31. The van der Waals surface area contributed by atoms with Crippen molar-refractivity contribution in [2.75, 3.05) is 6.54 Å². The van der Waals surface area contributed by atoms with Crippen molar-refractivity contribution in [3.05, 3.63) is 12.3 Å². The van der Waals surface area contributed by atoms with Crippen molar-refractivity contribution in [1.82, 2.24) is 10.6 Å². The van der Waals surface area contributed by atoms with Crippen molar-refractivity contribution in [3.63, 3.8) is 0 Å². The average Bonchev–Trinajstić information content (AvgIpc) is 2.67. The molecule has 4 N–H and O–H groups in total. The number of alkyl carbamates (subject to hydrolysis) is 1. The van der Waals surface area contributed by atoms with E-state index < -0.39 is 18.1 Å². The van der Waals surface area contributed by atoms with Crippen LogP contribution in [0.15, 0.2) is 12.3 Å². The summed E-state index contributed by atoms with van der Waals surface area (Å²) >= 11 is 0. The van der Waals surface area contributed by atoms with E-state index in [0.29, 0.717) is 6.42 Å². The molecule has 0 saturated carbocycles. The number of amides is 3. The summed E-state index contributed by atoms with van der Waals surface area (Å²) in [4.78, 5) is 30.8. The third kappa shape index (κ3) is 3.99. The number of carbonyl (C=O) groups excluding carboxylic acids is 3. The first-order valence-corrected chi connectivity index (χ1v) is 4.78. The Morgan fingerprint density at radius 2 is 2.25 bits per heavy atom. The minimum absolute atomic E-state index is 0.127. The van der Waals surface area contributed by atoms with Gasteiger partial charge in [-0.1, -0.05) is 6.08 Å².